The fourth-order valence-electron chi connectivity index (χ4n) is 3.05. The standard InChI is InChI=1S/C20H19N7O2S/c1-22-19-8-7-18(16-11-24-27(13-16)30(2,28)29)25-20(19)26(21)12-14-5-6-17-15(10-14)4-3-9-23-17/h3-11,13H,1,12,21H2,2H3. The highest BCUT2D eigenvalue weighted by molar-refractivity contribution is 7.89. The van der Waals surface area contributed by atoms with Crippen LogP contribution in [0.25, 0.3) is 22.2 Å². The molecule has 0 unspecified atom stereocenters. The maximum absolute atomic E-state index is 11.7. The molecule has 0 aliphatic carbocycles. The molecule has 3 heterocycles. The summed E-state index contributed by atoms with van der Waals surface area (Å²) in [5, 5.41) is 6.37. The highest BCUT2D eigenvalue weighted by Gasteiger charge is 2.15. The Kier molecular flexibility index (Phi) is 5.02. The zero-order valence-electron chi connectivity index (χ0n) is 16.2. The number of aromatic nitrogens is 4. The summed E-state index contributed by atoms with van der Waals surface area (Å²) in [5.74, 6) is 6.74. The second-order valence-electron chi connectivity index (χ2n) is 6.72. The van der Waals surface area contributed by atoms with Gasteiger partial charge in [-0.15, -0.1) is 0 Å². The summed E-state index contributed by atoms with van der Waals surface area (Å²) in [6.45, 7) is 3.97. The van der Waals surface area contributed by atoms with Crippen LogP contribution in [-0.2, 0) is 16.6 Å². The van der Waals surface area contributed by atoms with Crippen LogP contribution in [0.15, 0.2) is 66.0 Å². The molecular formula is C20H19N7O2S. The summed E-state index contributed by atoms with van der Waals surface area (Å²) >= 11 is 0. The number of hydrogen-bond donors (Lipinski definition) is 1. The van der Waals surface area contributed by atoms with Crippen LogP contribution >= 0.6 is 0 Å². The minimum atomic E-state index is -3.48. The molecule has 4 aromatic rings. The van der Waals surface area contributed by atoms with Crippen LogP contribution in [-0.4, -0.2) is 40.5 Å². The lowest BCUT2D eigenvalue weighted by molar-refractivity contribution is 0.586. The van der Waals surface area contributed by atoms with E-state index in [0.29, 0.717) is 29.3 Å². The summed E-state index contributed by atoms with van der Waals surface area (Å²) in [4.78, 5) is 12.9. The lowest BCUT2D eigenvalue weighted by atomic mass is 10.1. The molecule has 0 saturated carbocycles. The van der Waals surface area contributed by atoms with Crippen molar-refractivity contribution in [1.29, 1.82) is 0 Å². The van der Waals surface area contributed by atoms with Gasteiger partial charge in [-0.05, 0) is 42.6 Å². The largest absolute Gasteiger partial charge is 0.289 e. The van der Waals surface area contributed by atoms with Gasteiger partial charge in [-0.25, -0.2) is 19.2 Å². The summed E-state index contributed by atoms with van der Waals surface area (Å²) in [6, 6.07) is 13.2. The number of nitrogens with zero attached hydrogens (tertiary/aromatic N) is 6. The highest BCUT2D eigenvalue weighted by Crippen LogP contribution is 2.29. The Morgan fingerprint density at radius 1 is 1.23 bits per heavy atom. The van der Waals surface area contributed by atoms with Crippen LogP contribution in [0.1, 0.15) is 5.56 Å². The average Bonchev–Trinajstić information content (AvgIpc) is 3.24. The van der Waals surface area contributed by atoms with Crippen LogP contribution in [0, 0.1) is 0 Å². The number of benzene rings is 1. The van der Waals surface area contributed by atoms with Gasteiger partial charge in [0.15, 0.2) is 5.82 Å². The van der Waals surface area contributed by atoms with Gasteiger partial charge in [-0.3, -0.25) is 15.0 Å². The molecule has 0 amide bonds. The molecule has 3 aromatic heterocycles. The topological polar surface area (TPSA) is 119 Å². The number of pyridine rings is 2. The Morgan fingerprint density at radius 2 is 2.07 bits per heavy atom. The van der Waals surface area contributed by atoms with Gasteiger partial charge >= 0.3 is 0 Å². The molecule has 1 aromatic carbocycles. The first-order valence-corrected chi connectivity index (χ1v) is 10.8. The van der Waals surface area contributed by atoms with Crippen molar-refractivity contribution in [2.75, 3.05) is 11.3 Å². The van der Waals surface area contributed by atoms with Gasteiger partial charge < -0.3 is 0 Å². The molecule has 0 bridgehead atoms. The zero-order valence-corrected chi connectivity index (χ0v) is 17.0. The third-order valence-corrected chi connectivity index (χ3v) is 5.39. The van der Waals surface area contributed by atoms with E-state index in [0.717, 1.165) is 26.8 Å². The molecule has 0 atom stereocenters. The normalized spacial score (nSPS) is 11.5. The lowest BCUT2D eigenvalue weighted by Gasteiger charge is -2.20. The third-order valence-electron chi connectivity index (χ3n) is 4.51. The first-order valence-electron chi connectivity index (χ1n) is 8.94. The molecule has 4 rings (SSSR count). The number of hydrazine groups is 1. The van der Waals surface area contributed by atoms with Crippen molar-refractivity contribution in [3.8, 4) is 11.3 Å². The molecule has 0 spiro atoms. The minimum absolute atomic E-state index is 0.381. The van der Waals surface area contributed by atoms with Gasteiger partial charge in [-0.2, -0.15) is 9.19 Å². The van der Waals surface area contributed by atoms with E-state index in [1.807, 2.05) is 30.3 Å². The molecule has 30 heavy (non-hydrogen) atoms. The van der Waals surface area contributed by atoms with Gasteiger partial charge in [0.1, 0.15) is 5.69 Å². The monoisotopic (exact) mass is 421 g/mol. The summed E-state index contributed by atoms with van der Waals surface area (Å²) in [7, 11) is -3.48. The van der Waals surface area contributed by atoms with Crippen LogP contribution in [0.4, 0.5) is 11.5 Å². The maximum Gasteiger partial charge on any atom is 0.250 e. The van der Waals surface area contributed by atoms with Gasteiger partial charge in [0.2, 0.25) is 0 Å². The van der Waals surface area contributed by atoms with Crippen molar-refractivity contribution in [3.63, 3.8) is 0 Å². The first kappa shape index (κ1) is 19.7. The van der Waals surface area contributed by atoms with E-state index in [9.17, 15) is 8.42 Å². The van der Waals surface area contributed by atoms with E-state index in [2.05, 4.69) is 26.8 Å². The number of nitrogens with two attached hydrogens (primary N) is 1. The number of anilines is 1. The predicted octanol–water partition coefficient (Wildman–Crippen LogP) is 2.51. The number of fused-ring (bicyclic) bond motifs is 1. The molecule has 0 aliphatic rings. The van der Waals surface area contributed by atoms with Crippen molar-refractivity contribution in [3.05, 3.63) is 66.6 Å². The zero-order chi connectivity index (χ0) is 21.3. The van der Waals surface area contributed by atoms with Crippen molar-refractivity contribution in [1.82, 2.24) is 19.2 Å². The number of aliphatic imine (C=N–C) groups is 1. The number of rotatable bonds is 6. The summed E-state index contributed by atoms with van der Waals surface area (Å²) < 4.78 is 24.2. The fraction of sp³-hybridized carbons (Fsp3) is 0.100. The predicted molar refractivity (Wildman–Crippen MR) is 117 cm³/mol. The third kappa shape index (κ3) is 3.91. The minimum Gasteiger partial charge on any atom is -0.289 e. The Labute approximate surface area is 173 Å². The molecule has 10 heteroatoms. The molecule has 0 radical (unpaired) electrons. The van der Waals surface area contributed by atoms with Crippen LogP contribution < -0.4 is 10.9 Å². The Bertz CT molecular complexity index is 1350. The van der Waals surface area contributed by atoms with Crippen LogP contribution in [0.5, 0.6) is 0 Å². The van der Waals surface area contributed by atoms with Crippen LogP contribution in [0.3, 0.4) is 0 Å². The van der Waals surface area contributed by atoms with Gasteiger partial charge in [-0.1, -0.05) is 12.1 Å². The van der Waals surface area contributed by atoms with Crippen molar-refractivity contribution in [2.45, 2.75) is 6.54 Å². The van der Waals surface area contributed by atoms with Crippen molar-refractivity contribution in [2.24, 2.45) is 10.8 Å². The lowest BCUT2D eigenvalue weighted by Crippen LogP contribution is -2.31. The van der Waals surface area contributed by atoms with E-state index >= 15 is 0 Å². The molecule has 0 fully saturated rings. The first-order chi connectivity index (χ1) is 14.3. The second kappa shape index (κ2) is 7.65. The van der Waals surface area contributed by atoms with Crippen molar-refractivity contribution >= 4 is 39.1 Å². The molecule has 9 nitrogen and oxygen atoms in total. The van der Waals surface area contributed by atoms with E-state index in [1.54, 1.807) is 18.3 Å². The highest BCUT2D eigenvalue weighted by atomic mass is 32.2. The van der Waals surface area contributed by atoms with Crippen LogP contribution in [0.2, 0.25) is 0 Å². The van der Waals surface area contributed by atoms with Gasteiger partial charge in [0.25, 0.3) is 10.0 Å². The SMILES string of the molecule is C=Nc1ccc(-c2cnn(S(C)(=O)=O)c2)nc1N(N)Cc1ccc2ncccc2c1. The smallest absolute Gasteiger partial charge is 0.250 e. The Hall–Kier alpha value is -3.63. The molecule has 0 aliphatic heterocycles. The van der Waals surface area contributed by atoms with E-state index < -0.39 is 10.0 Å². The van der Waals surface area contributed by atoms with Gasteiger partial charge in [0.05, 0.1) is 36.4 Å². The van der Waals surface area contributed by atoms with Crippen molar-refractivity contribution < 1.29 is 8.42 Å². The van der Waals surface area contributed by atoms with E-state index in [-0.39, 0.29) is 0 Å². The number of hydrogen-bond acceptors (Lipinski definition) is 8. The van der Waals surface area contributed by atoms with Gasteiger partial charge in [0, 0.05) is 17.1 Å². The molecular weight excluding hydrogens is 402 g/mol. The molecule has 152 valence electrons. The molecule has 2 N–H and O–H groups in total. The molecule has 0 saturated heterocycles. The fourth-order valence-corrected chi connectivity index (χ4v) is 3.57. The van der Waals surface area contributed by atoms with E-state index in [4.69, 9.17) is 5.84 Å². The summed E-state index contributed by atoms with van der Waals surface area (Å²) in [5.41, 5.74) is 3.46. The summed E-state index contributed by atoms with van der Waals surface area (Å²) in [6.07, 6.45) is 5.67. The average molecular weight is 421 g/mol. The Balaban J connectivity index is 1.67. The quantitative estimate of drug-likeness (QED) is 0.288. The van der Waals surface area contributed by atoms with E-state index in [1.165, 1.54) is 17.4 Å². The Morgan fingerprint density at radius 3 is 2.80 bits per heavy atom. The maximum atomic E-state index is 11.7. The second-order valence-corrected chi connectivity index (χ2v) is 8.56.